The summed E-state index contributed by atoms with van der Waals surface area (Å²) in [6, 6.07) is 7.94. The van der Waals surface area contributed by atoms with Crippen molar-refractivity contribution in [2.45, 2.75) is 26.2 Å². The van der Waals surface area contributed by atoms with E-state index >= 15 is 0 Å². The van der Waals surface area contributed by atoms with Crippen LogP contribution in [0, 0.1) is 5.92 Å². The molecule has 25 heavy (non-hydrogen) atoms. The maximum Gasteiger partial charge on any atom is 0.227 e. The summed E-state index contributed by atoms with van der Waals surface area (Å²) < 4.78 is 0. The molecule has 0 aliphatic carbocycles. The Labute approximate surface area is 155 Å². The summed E-state index contributed by atoms with van der Waals surface area (Å²) in [7, 11) is 0. The molecule has 2 heterocycles. The van der Waals surface area contributed by atoms with Crippen molar-refractivity contribution in [2.24, 2.45) is 5.92 Å². The lowest BCUT2D eigenvalue weighted by atomic mass is 10.1. The third-order valence-corrected chi connectivity index (χ3v) is 4.81. The van der Waals surface area contributed by atoms with Gasteiger partial charge in [0, 0.05) is 31.7 Å². The minimum Gasteiger partial charge on any atom is -0.352 e. The molecule has 5 nitrogen and oxygen atoms in total. The van der Waals surface area contributed by atoms with Gasteiger partial charge < -0.3 is 15.5 Å². The molecular formula is C19H26ClN3O2. The van der Waals surface area contributed by atoms with E-state index in [2.05, 4.69) is 23.6 Å². The molecule has 1 aromatic rings. The summed E-state index contributed by atoms with van der Waals surface area (Å²) >= 11 is 0. The Morgan fingerprint density at radius 3 is 2.88 bits per heavy atom. The summed E-state index contributed by atoms with van der Waals surface area (Å²) in [5.74, 6) is -0.235. The SMILES string of the molecule is CCc1ccccc1N1CC(C(=O)NCC2=CCNCC2)CC1=O.Cl. The highest BCUT2D eigenvalue weighted by molar-refractivity contribution is 6.00. The highest BCUT2D eigenvalue weighted by atomic mass is 35.5. The maximum atomic E-state index is 12.4. The van der Waals surface area contributed by atoms with Crippen LogP contribution >= 0.6 is 12.4 Å². The van der Waals surface area contributed by atoms with E-state index in [-0.39, 0.29) is 30.1 Å². The number of hydrogen-bond acceptors (Lipinski definition) is 3. The number of para-hydroxylation sites is 1. The van der Waals surface area contributed by atoms with Gasteiger partial charge in [-0.1, -0.05) is 36.8 Å². The largest absolute Gasteiger partial charge is 0.352 e. The normalized spacial score (nSPS) is 20.0. The molecule has 3 rings (SSSR count). The lowest BCUT2D eigenvalue weighted by molar-refractivity contribution is -0.126. The zero-order valence-corrected chi connectivity index (χ0v) is 15.4. The fraction of sp³-hybridized carbons (Fsp3) is 0.474. The summed E-state index contributed by atoms with van der Waals surface area (Å²) in [6.07, 6.45) is 4.27. The van der Waals surface area contributed by atoms with E-state index < -0.39 is 0 Å². The van der Waals surface area contributed by atoms with Crippen molar-refractivity contribution in [1.82, 2.24) is 10.6 Å². The summed E-state index contributed by atoms with van der Waals surface area (Å²) in [6.45, 7) is 4.98. The number of rotatable bonds is 5. The van der Waals surface area contributed by atoms with Gasteiger partial charge in [0.15, 0.2) is 0 Å². The van der Waals surface area contributed by atoms with Crippen molar-refractivity contribution in [3.05, 3.63) is 41.5 Å². The number of aryl methyl sites for hydroxylation is 1. The quantitative estimate of drug-likeness (QED) is 0.787. The summed E-state index contributed by atoms with van der Waals surface area (Å²) in [4.78, 5) is 26.6. The lowest BCUT2D eigenvalue weighted by Crippen LogP contribution is -2.35. The Balaban J connectivity index is 0.00000225. The fourth-order valence-corrected chi connectivity index (χ4v) is 3.36. The highest BCUT2D eigenvalue weighted by Crippen LogP contribution is 2.28. The van der Waals surface area contributed by atoms with Crippen LogP contribution in [0.2, 0.25) is 0 Å². The topological polar surface area (TPSA) is 61.4 Å². The standard InChI is InChI=1S/C19H25N3O2.ClH/c1-2-15-5-3-4-6-17(15)22-13-16(11-18(22)23)19(24)21-12-14-7-9-20-10-8-14;/h3-7,16,20H,2,8-13H2,1H3,(H,21,24);1H. The summed E-state index contributed by atoms with van der Waals surface area (Å²) in [5, 5.41) is 6.26. The van der Waals surface area contributed by atoms with E-state index in [0.29, 0.717) is 19.5 Å². The summed E-state index contributed by atoms with van der Waals surface area (Å²) in [5.41, 5.74) is 3.35. The molecular weight excluding hydrogens is 338 g/mol. The number of carbonyl (C=O) groups is 2. The van der Waals surface area contributed by atoms with Gasteiger partial charge in [0.25, 0.3) is 0 Å². The molecule has 0 bridgehead atoms. The first-order valence-corrected chi connectivity index (χ1v) is 8.73. The van der Waals surface area contributed by atoms with Crippen LogP contribution in [0.3, 0.4) is 0 Å². The molecule has 0 radical (unpaired) electrons. The van der Waals surface area contributed by atoms with Crippen LogP contribution in [0.1, 0.15) is 25.3 Å². The molecule has 2 aliphatic rings. The molecule has 2 amide bonds. The predicted octanol–water partition coefficient (Wildman–Crippen LogP) is 2.06. The van der Waals surface area contributed by atoms with Crippen LogP contribution in [-0.2, 0) is 16.0 Å². The Morgan fingerprint density at radius 1 is 1.36 bits per heavy atom. The number of benzene rings is 1. The fourth-order valence-electron chi connectivity index (χ4n) is 3.36. The van der Waals surface area contributed by atoms with E-state index in [9.17, 15) is 9.59 Å². The molecule has 1 aromatic carbocycles. The Hall–Kier alpha value is -1.85. The van der Waals surface area contributed by atoms with Crippen LogP contribution in [0.5, 0.6) is 0 Å². The second-order valence-corrected chi connectivity index (χ2v) is 6.42. The van der Waals surface area contributed by atoms with Gasteiger partial charge in [-0.05, 0) is 31.0 Å². The third kappa shape index (κ3) is 4.61. The average Bonchev–Trinajstić information content (AvgIpc) is 3.02. The second kappa shape index (κ2) is 9.02. The minimum absolute atomic E-state index is 0. The molecule has 136 valence electrons. The molecule has 0 aromatic heterocycles. The molecule has 0 spiro atoms. The van der Waals surface area contributed by atoms with E-state index in [4.69, 9.17) is 0 Å². The molecule has 1 unspecified atom stereocenters. The van der Waals surface area contributed by atoms with Crippen molar-refractivity contribution in [3.8, 4) is 0 Å². The molecule has 0 saturated carbocycles. The minimum atomic E-state index is -0.260. The zero-order chi connectivity index (χ0) is 16.9. The molecule has 2 N–H and O–H groups in total. The average molecular weight is 364 g/mol. The number of nitrogens with zero attached hydrogens (tertiary/aromatic N) is 1. The Morgan fingerprint density at radius 2 is 2.16 bits per heavy atom. The van der Waals surface area contributed by atoms with Crippen molar-refractivity contribution >= 4 is 29.9 Å². The van der Waals surface area contributed by atoms with E-state index in [0.717, 1.165) is 37.2 Å². The van der Waals surface area contributed by atoms with Crippen molar-refractivity contribution in [3.63, 3.8) is 0 Å². The monoisotopic (exact) mass is 363 g/mol. The van der Waals surface area contributed by atoms with Gasteiger partial charge in [-0.2, -0.15) is 0 Å². The van der Waals surface area contributed by atoms with Gasteiger partial charge in [0.05, 0.1) is 5.92 Å². The number of carbonyl (C=O) groups excluding carboxylic acids is 2. The van der Waals surface area contributed by atoms with Crippen molar-refractivity contribution in [1.29, 1.82) is 0 Å². The molecule has 1 saturated heterocycles. The second-order valence-electron chi connectivity index (χ2n) is 6.42. The van der Waals surface area contributed by atoms with Crippen LogP contribution < -0.4 is 15.5 Å². The van der Waals surface area contributed by atoms with Gasteiger partial charge in [0.1, 0.15) is 0 Å². The third-order valence-electron chi connectivity index (χ3n) is 4.81. The first-order chi connectivity index (χ1) is 11.7. The predicted molar refractivity (Wildman–Crippen MR) is 102 cm³/mol. The van der Waals surface area contributed by atoms with E-state index in [1.54, 1.807) is 4.90 Å². The number of amides is 2. The maximum absolute atomic E-state index is 12.4. The number of anilines is 1. The van der Waals surface area contributed by atoms with E-state index in [1.807, 2.05) is 24.3 Å². The zero-order valence-electron chi connectivity index (χ0n) is 14.6. The van der Waals surface area contributed by atoms with Crippen molar-refractivity contribution < 1.29 is 9.59 Å². The molecule has 1 atom stereocenters. The molecule has 2 aliphatic heterocycles. The Kier molecular flexibility index (Phi) is 7.02. The molecule has 6 heteroatoms. The molecule has 1 fully saturated rings. The number of nitrogens with one attached hydrogen (secondary N) is 2. The van der Waals surface area contributed by atoms with Crippen molar-refractivity contribution in [2.75, 3.05) is 31.1 Å². The van der Waals surface area contributed by atoms with Gasteiger partial charge in [0.2, 0.25) is 11.8 Å². The van der Waals surface area contributed by atoms with Gasteiger partial charge in [-0.15, -0.1) is 12.4 Å². The lowest BCUT2D eigenvalue weighted by Gasteiger charge is -2.20. The van der Waals surface area contributed by atoms with Crippen LogP contribution in [0.25, 0.3) is 0 Å². The van der Waals surface area contributed by atoms with Gasteiger partial charge in [-0.25, -0.2) is 0 Å². The number of halogens is 1. The van der Waals surface area contributed by atoms with Crippen LogP contribution in [-0.4, -0.2) is 38.0 Å². The smallest absolute Gasteiger partial charge is 0.227 e. The highest BCUT2D eigenvalue weighted by Gasteiger charge is 2.35. The number of hydrogen-bond donors (Lipinski definition) is 2. The van der Waals surface area contributed by atoms with Crippen LogP contribution in [0.4, 0.5) is 5.69 Å². The Bertz CT molecular complexity index is 660. The first-order valence-electron chi connectivity index (χ1n) is 8.73. The van der Waals surface area contributed by atoms with E-state index in [1.165, 1.54) is 5.57 Å². The van der Waals surface area contributed by atoms with Crippen LogP contribution in [0.15, 0.2) is 35.9 Å². The van der Waals surface area contributed by atoms with Gasteiger partial charge in [-0.3, -0.25) is 9.59 Å². The van der Waals surface area contributed by atoms with Gasteiger partial charge >= 0.3 is 0 Å². The first kappa shape index (κ1) is 19.5.